The molecule has 0 spiro atoms. The number of hydrogen-bond donors (Lipinski definition) is 1. The molecule has 0 atom stereocenters. The molecule has 0 saturated carbocycles. The maximum Gasteiger partial charge on any atom is 0.354 e. The lowest BCUT2D eigenvalue weighted by Crippen LogP contribution is -2.05. The molecule has 0 unspecified atom stereocenters. The smallest absolute Gasteiger partial charge is 0.354 e. The number of carbonyl (C=O) groups is 1. The lowest BCUT2D eigenvalue weighted by Gasteiger charge is -1.99. The molecular weight excluding hydrogens is 235 g/mol. The van der Waals surface area contributed by atoms with E-state index in [9.17, 15) is 9.18 Å². The SMILES string of the molecule is CCc1nc2c(F)cc(Cl)cn2c1C(=O)O. The fourth-order valence-electron chi connectivity index (χ4n) is 1.59. The van der Waals surface area contributed by atoms with Crippen LogP contribution in [0, 0.1) is 5.82 Å². The van der Waals surface area contributed by atoms with Gasteiger partial charge in [-0.25, -0.2) is 14.2 Å². The highest BCUT2D eigenvalue weighted by molar-refractivity contribution is 6.30. The predicted octanol–water partition coefficient (Wildman–Crippen LogP) is 2.39. The maximum absolute atomic E-state index is 13.5. The van der Waals surface area contributed by atoms with Crippen LogP contribution in [0.4, 0.5) is 4.39 Å². The Morgan fingerprint density at radius 2 is 2.38 bits per heavy atom. The lowest BCUT2D eigenvalue weighted by molar-refractivity contribution is 0.0688. The van der Waals surface area contributed by atoms with Crippen molar-refractivity contribution in [2.75, 3.05) is 0 Å². The highest BCUT2D eigenvalue weighted by atomic mass is 35.5. The minimum atomic E-state index is -1.15. The van der Waals surface area contributed by atoms with Crippen molar-refractivity contribution in [2.45, 2.75) is 13.3 Å². The van der Waals surface area contributed by atoms with Crippen LogP contribution in [0.25, 0.3) is 5.65 Å². The van der Waals surface area contributed by atoms with E-state index in [2.05, 4.69) is 4.98 Å². The summed E-state index contributed by atoms with van der Waals surface area (Å²) >= 11 is 5.67. The first-order chi connectivity index (χ1) is 7.54. The van der Waals surface area contributed by atoms with Crippen LogP contribution in [0.15, 0.2) is 12.3 Å². The van der Waals surface area contributed by atoms with E-state index in [1.54, 1.807) is 6.92 Å². The van der Waals surface area contributed by atoms with Crippen molar-refractivity contribution in [1.82, 2.24) is 9.38 Å². The van der Waals surface area contributed by atoms with Crippen LogP contribution >= 0.6 is 11.6 Å². The molecule has 2 aromatic heterocycles. The first-order valence-corrected chi connectivity index (χ1v) is 5.01. The third kappa shape index (κ3) is 1.53. The Kier molecular flexibility index (Phi) is 2.55. The summed E-state index contributed by atoms with van der Waals surface area (Å²) in [6, 6.07) is 1.11. The zero-order valence-corrected chi connectivity index (χ0v) is 9.12. The molecular formula is C10H8ClFN2O2. The number of hydrogen-bond acceptors (Lipinski definition) is 2. The van der Waals surface area contributed by atoms with Crippen LogP contribution in [0.5, 0.6) is 0 Å². The third-order valence-corrected chi connectivity index (χ3v) is 2.46. The molecule has 4 nitrogen and oxygen atoms in total. The minimum Gasteiger partial charge on any atom is -0.477 e. The van der Waals surface area contributed by atoms with Crippen molar-refractivity contribution in [3.63, 3.8) is 0 Å². The Morgan fingerprint density at radius 1 is 1.69 bits per heavy atom. The fraction of sp³-hybridized carbons (Fsp3) is 0.200. The van der Waals surface area contributed by atoms with Crippen molar-refractivity contribution >= 4 is 23.2 Å². The summed E-state index contributed by atoms with van der Waals surface area (Å²) in [5, 5.41) is 9.17. The maximum atomic E-state index is 13.5. The molecule has 0 amide bonds. The predicted molar refractivity (Wildman–Crippen MR) is 56.5 cm³/mol. The Bertz CT molecular complexity index is 580. The summed E-state index contributed by atoms with van der Waals surface area (Å²) in [7, 11) is 0. The molecule has 0 bridgehead atoms. The third-order valence-electron chi connectivity index (χ3n) is 2.25. The first-order valence-electron chi connectivity index (χ1n) is 4.64. The van der Waals surface area contributed by atoms with Crippen LogP contribution in [0.1, 0.15) is 23.1 Å². The number of carboxylic acid groups (broad SMARTS) is 1. The van der Waals surface area contributed by atoms with Crippen LogP contribution in [0.3, 0.4) is 0 Å². The number of aromatic nitrogens is 2. The Balaban J connectivity index is 2.89. The Hall–Kier alpha value is -1.62. The quantitative estimate of drug-likeness (QED) is 0.880. The molecule has 0 saturated heterocycles. The standard InChI is InChI=1S/C10H8ClFN2O2/c1-2-7-8(10(15)16)14-4-5(11)3-6(12)9(14)13-7/h3-4H,2H2,1H3,(H,15,16). The van der Waals surface area contributed by atoms with Crippen LogP contribution in [-0.4, -0.2) is 20.5 Å². The number of rotatable bonds is 2. The molecule has 2 heterocycles. The zero-order valence-electron chi connectivity index (χ0n) is 8.37. The van der Waals surface area contributed by atoms with Crippen molar-refractivity contribution in [1.29, 1.82) is 0 Å². The largest absolute Gasteiger partial charge is 0.477 e. The number of pyridine rings is 1. The molecule has 2 rings (SSSR count). The van der Waals surface area contributed by atoms with Gasteiger partial charge in [-0.3, -0.25) is 4.40 Å². The average Bonchev–Trinajstić information content (AvgIpc) is 2.56. The van der Waals surface area contributed by atoms with Gasteiger partial charge in [0.05, 0.1) is 10.7 Å². The van der Waals surface area contributed by atoms with Gasteiger partial charge in [0.15, 0.2) is 17.2 Å². The second-order valence-corrected chi connectivity index (χ2v) is 3.70. The van der Waals surface area contributed by atoms with E-state index in [0.29, 0.717) is 12.1 Å². The summed E-state index contributed by atoms with van der Waals surface area (Å²) in [4.78, 5) is 15.0. The summed E-state index contributed by atoms with van der Waals surface area (Å²) in [5.74, 6) is -1.78. The highest BCUT2D eigenvalue weighted by Gasteiger charge is 2.19. The van der Waals surface area contributed by atoms with Gasteiger partial charge in [0.1, 0.15) is 0 Å². The number of carboxylic acids is 1. The monoisotopic (exact) mass is 242 g/mol. The zero-order chi connectivity index (χ0) is 11.9. The summed E-state index contributed by atoms with van der Waals surface area (Å²) in [6.07, 6.45) is 1.76. The van der Waals surface area contributed by atoms with Crippen molar-refractivity contribution < 1.29 is 14.3 Å². The number of nitrogens with zero attached hydrogens (tertiary/aromatic N) is 2. The average molecular weight is 243 g/mol. The Labute approximate surface area is 95.3 Å². The van der Waals surface area contributed by atoms with Crippen LogP contribution < -0.4 is 0 Å². The van der Waals surface area contributed by atoms with E-state index in [1.807, 2.05) is 0 Å². The van der Waals surface area contributed by atoms with E-state index >= 15 is 0 Å². The second kappa shape index (κ2) is 3.75. The van der Waals surface area contributed by atoms with Crippen LogP contribution in [0.2, 0.25) is 5.02 Å². The van der Waals surface area contributed by atoms with Gasteiger partial charge in [-0.1, -0.05) is 18.5 Å². The van der Waals surface area contributed by atoms with Gasteiger partial charge in [-0.15, -0.1) is 0 Å². The Morgan fingerprint density at radius 3 is 2.94 bits per heavy atom. The highest BCUT2D eigenvalue weighted by Crippen LogP contribution is 2.20. The molecule has 0 aliphatic carbocycles. The number of aromatic carboxylic acids is 1. The van der Waals surface area contributed by atoms with Gasteiger partial charge in [0.25, 0.3) is 0 Å². The van der Waals surface area contributed by atoms with Gasteiger partial charge in [-0.05, 0) is 12.5 Å². The molecule has 0 fully saturated rings. The van der Waals surface area contributed by atoms with E-state index in [1.165, 1.54) is 10.6 Å². The normalized spacial score (nSPS) is 10.9. The van der Waals surface area contributed by atoms with E-state index < -0.39 is 11.8 Å². The molecule has 0 aliphatic rings. The van der Waals surface area contributed by atoms with E-state index in [0.717, 1.165) is 6.07 Å². The molecule has 6 heteroatoms. The topological polar surface area (TPSA) is 54.6 Å². The summed E-state index contributed by atoms with van der Waals surface area (Å²) < 4.78 is 14.6. The molecule has 0 radical (unpaired) electrons. The van der Waals surface area contributed by atoms with Crippen molar-refractivity contribution in [3.8, 4) is 0 Å². The lowest BCUT2D eigenvalue weighted by atomic mass is 10.2. The molecule has 2 aromatic rings. The van der Waals surface area contributed by atoms with Gasteiger partial charge in [0.2, 0.25) is 0 Å². The fourth-order valence-corrected chi connectivity index (χ4v) is 1.79. The molecule has 84 valence electrons. The summed E-state index contributed by atoms with van der Waals surface area (Å²) in [6.45, 7) is 1.76. The second-order valence-electron chi connectivity index (χ2n) is 3.27. The molecule has 0 aromatic carbocycles. The van der Waals surface area contributed by atoms with Crippen molar-refractivity contribution in [2.24, 2.45) is 0 Å². The molecule has 1 N–H and O–H groups in total. The van der Waals surface area contributed by atoms with Crippen LogP contribution in [-0.2, 0) is 6.42 Å². The number of imidazole rings is 1. The minimum absolute atomic E-state index is 0.0151. The van der Waals surface area contributed by atoms with Crippen molar-refractivity contribution in [3.05, 3.63) is 34.5 Å². The number of fused-ring (bicyclic) bond motifs is 1. The number of halogens is 2. The van der Waals surface area contributed by atoms with Gasteiger partial charge >= 0.3 is 5.97 Å². The van der Waals surface area contributed by atoms with Gasteiger partial charge < -0.3 is 5.11 Å². The molecule has 16 heavy (non-hydrogen) atoms. The van der Waals surface area contributed by atoms with Gasteiger partial charge in [0, 0.05) is 6.20 Å². The number of aryl methyl sites for hydroxylation is 1. The van der Waals surface area contributed by atoms with E-state index in [4.69, 9.17) is 16.7 Å². The first kappa shape index (κ1) is 10.9. The molecule has 0 aliphatic heterocycles. The van der Waals surface area contributed by atoms with E-state index in [-0.39, 0.29) is 16.4 Å². The van der Waals surface area contributed by atoms with Gasteiger partial charge in [-0.2, -0.15) is 0 Å². The summed E-state index contributed by atoms with van der Waals surface area (Å²) in [5.41, 5.74) is 0.284.